The molecule has 1 aliphatic heterocycles. The lowest BCUT2D eigenvalue weighted by molar-refractivity contribution is 0.0158. The predicted molar refractivity (Wildman–Crippen MR) is 69.0 cm³/mol. The Labute approximate surface area is 111 Å². The van der Waals surface area contributed by atoms with Crippen molar-refractivity contribution in [1.29, 1.82) is 0 Å². The lowest BCUT2D eigenvalue weighted by Gasteiger charge is -2.26. The summed E-state index contributed by atoms with van der Waals surface area (Å²) in [5, 5.41) is 0. The Bertz CT molecular complexity index is 476. The van der Waals surface area contributed by atoms with Crippen molar-refractivity contribution < 1.29 is 18.3 Å². The maximum absolute atomic E-state index is 13.7. The molecule has 0 spiro atoms. The molecule has 0 saturated heterocycles. The van der Waals surface area contributed by atoms with Crippen molar-refractivity contribution in [2.45, 2.75) is 38.7 Å². The van der Waals surface area contributed by atoms with Crippen LogP contribution in [0.4, 0.5) is 8.78 Å². The maximum Gasteiger partial charge on any atom is 0.270 e. The van der Waals surface area contributed by atoms with Gasteiger partial charge in [0.25, 0.3) is 5.92 Å². The summed E-state index contributed by atoms with van der Waals surface area (Å²) in [6.45, 7) is 5.30. The van der Waals surface area contributed by atoms with Crippen LogP contribution in [0.5, 0.6) is 11.5 Å². The summed E-state index contributed by atoms with van der Waals surface area (Å²) in [5.74, 6) is -2.05. The van der Waals surface area contributed by atoms with Gasteiger partial charge in [-0.3, -0.25) is 0 Å². The van der Waals surface area contributed by atoms with Gasteiger partial charge in [0, 0.05) is 18.0 Å². The summed E-state index contributed by atoms with van der Waals surface area (Å²) in [6, 6.07) is 2.99. The summed E-state index contributed by atoms with van der Waals surface area (Å²) in [6.07, 6.45) is 0.350. The number of ether oxygens (including phenoxy) is 2. The molecule has 0 aliphatic carbocycles. The second kappa shape index (κ2) is 4.63. The zero-order chi connectivity index (χ0) is 14.3. The molecule has 1 aromatic rings. The van der Waals surface area contributed by atoms with Gasteiger partial charge in [0.05, 0.1) is 0 Å². The Balaban J connectivity index is 2.49. The lowest BCUT2D eigenvalue weighted by atomic mass is 9.90. The molecule has 0 radical (unpaired) electrons. The summed E-state index contributed by atoms with van der Waals surface area (Å²) < 4.78 is 38.2. The highest BCUT2D eigenvalue weighted by molar-refractivity contribution is 5.50. The molecular weight excluding hydrogens is 252 g/mol. The van der Waals surface area contributed by atoms with Gasteiger partial charge < -0.3 is 15.2 Å². The largest absolute Gasteiger partial charge is 0.486 e. The zero-order valence-corrected chi connectivity index (χ0v) is 11.4. The van der Waals surface area contributed by atoms with E-state index in [9.17, 15) is 8.78 Å². The van der Waals surface area contributed by atoms with Crippen molar-refractivity contribution in [2.75, 3.05) is 13.2 Å². The molecule has 1 aliphatic rings. The van der Waals surface area contributed by atoms with E-state index in [0.717, 1.165) is 6.92 Å². The van der Waals surface area contributed by atoms with E-state index < -0.39 is 11.5 Å². The summed E-state index contributed by atoms with van der Waals surface area (Å²) in [7, 11) is 0. The topological polar surface area (TPSA) is 44.5 Å². The molecule has 1 aromatic carbocycles. The van der Waals surface area contributed by atoms with Crippen LogP contribution in [0, 0.1) is 0 Å². The number of halogens is 2. The van der Waals surface area contributed by atoms with E-state index in [2.05, 4.69) is 0 Å². The maximum atomic E-state index is 13.7. The zero-order valence-electron chi connectivity index (χ0n) is 11.4. The van der Waals surface area contributed by atoms with Crippen molar-refractivity contribution in [3.63, 3.8) is 0 Å². The van der Waals surface area contributed by atoms with Gasteiger partial charge in [-0.05, 0) is 38.0 Å². The monoisotopic (exact) mass is 271 g/mol. The summed E-state index contributed by atoms with van der Waals surface area (Å²) in [4.78, 5) is 0. The van der Waals surface area contributed by atoms with Crippen LogP contribution in [-0.2, 0) is 12.3 Å². The van der Waals surface area contributed by atoms with Gasteiger partial charge in [0.1, 0.15) is 13.2 Å². The van der Waals surface area contributed by atoms with E-state index in [-0.39, 0.29) is 5.56 Å². The average Bonchev–Trinajstić information content (AvgIpc) is 2.24. The molecule has 1 heterocycles. The smallest absolute Gasteiger partial charge is 0.270 e. The summed E-state index contributed by atoms with van der Waals surface area (Å²) in [5.41, 5.74) is 5.83. The van der Waals surface area contributed by atoms with Crippen molar-refractivity contribution in [1.82, 2.24) is 0 Å². The minimum absolute atomic E-state index is 0.0460. The molecule has 0 aromatic heterocycles. The molecule has 0 atom stereocenters. The first kappa shape index (κ1) is 14.1. The van der Waals surface area contributed by atoms with Gasteiger partial charge in [0.2, 0.25) is 0 Å². The minimum Gasteiger partial charge on any atom is -0.486 e. The highest BCUT2D eigenvalue weighted by atomic mass is 19.3. The van der Waals surface area contributed by atoms with Crippen LogP contribution in [0.25, 0.3) is 0 Å². The Morgan fingerprint density at radius 1 is 1.11 bits per heavy atom. The first-order valence-electron chi connectivity index (χ1n) is 6.26. The predicted octanol–water partition coefficient (Wildman–Crippen LogP) is 2.85. The molecule has 5 heteroatoms. The van der Waals surface area contributed by atoms with Crippen molar-refractivity contribution in [3.8, 4) is 11.5 Å². The van der Waals surface area contributed by atoms with Crippen molar-refractivity contribution in [2.24, 2.45) is 5.73 Å². The SMILES string of the molecule is CC(C)(N)Cc1cc2c(cc1C(C)(F)F)OCCO2. The first-order chi connectivity index (χ1) is 8.67. The second-order valence-corrected chi connectivity index (χ2v) is 5.71. The lowest BCUT2D eigenvalue weighted by Crippen LogP contribution is -2.35. The number of hydrogen-bond acceptors (Lipinski definition) is 3. The number of fused-ring (bicyclic) bond motifs is 1. The van der Waals surface area contributed by atoms with Crippen LogP contribution in [0.3, 0.4) is 0 Å². The fourth-order valence-electron chi connectivity index (χ4n) is 2.18. The number of rotatable bonds is 3. The van der Waals surface area contributed by atoms with Crippen LogP contribution in [0.1, 0.15) is 31.9 Å². The highest BCUT2D eigenvalue weighted by Gasteiger charge is 2.31. The Hall–Kier alpha value is -1.36. The fourth-order valence-corrected chi connectivity index (χ4v) is 2.18. The van der Waals surface area contributed by atoms with Crippen LogP contribution in [-0.4, -0.2) is 18.8 Å². The molecular formula is C14H19F2NO2. The summed E-state index contributed by atoms with van der Waals surface area (Å²) >= 11 is 0. The van der Waals surface area contributed by atoms with Gasteiger partial charge in [-0.2, -0.15) is 0 Å². The number of hydrogen-bond donors (Lipinski definition) is 1. The van der Waals surface area contributed by atoms with Crippen LogP contribution < -0.4 is 15.2 Å². The molecule has 0 bridgehead atoms. The molecule has 2 N–H and O–H groups in total. The van der Waals surface area contributed by atoms with E-state index in [1.807, 2.05) is 0 Å². The van der Waals surface area contributed by atoms with Crippen LogP contribution >= 0.6 is 0 Å². The third-order valence-electron chi connectivity index (χ3n) is 2.89. The van der Waals surface area contributed by atoms with E-state index in [4.69, 9.17) is 15.2 Å². The molecule has 0 fully saturated rings. The van der Waals surface area contributed by atoms with Gasteiger partial charge in [-0.25, -0.2) is 8.78 Å². The van der Waals surface area contributed by atoms with Crippen LogP contribution in [0.15, 0.2) is 12.1 Å². The van der Waals surface area contributed by atoms with Gasteiger partial charge in [-0.1, -0.05) is 0 Å². The van der Waals surface area contributed by atoms with E-state index in [0.29, 0.717) is 36.7 Å². The van der Waals surface area contributed by atoms with E-state index in [1.165, 1.54) is 6.07 Å². The number of benzene rings is 1. The number of alkyl halides is 2. The number of nitrogens with two attached hydrogens (primary N) is 1. The molecule has 2 rings (SSSR count). The normalized spacial score (nSPS) is 15.5. The first-order valence-corrected chi connectivity index (χ1v) is 6.26. The molecule has 106 valence electrons. The van der Waals surface area contributed by atoms with Crippen molar-refractivity contribution >= 4 is 0 Å². The third-order valence-corrected chi connectivity index (χ3v) is 2.89. The quantitative estimate of drug-likeness (QED) is 0.919. The highest BCUT2D eigenvalue weighted by Crippen LogP contribution is 2.40. The average molecular weight is 271 g/mol. The Morgan fingerprint density at radius 3 is 2.11 bits per heavy atom. The van der Waals surface area contributed by atoms with E-state index >= 15 is 0 Å². The van der Waals surface area contributed by atoms with Crippen molar-refractivity contribution in [3.05, 3.63) is 23.3 Å². The molecule has 19 heavy (non-hydrogen) atoms. The minimum atomic E-state index is -2.93. The Kier molecular flexibility index (Phi) is 3.43. The molecule has 3 nitrogen and oxygen atoms in total. The fraction of sp³-hybridized carbons (Fsp3) is 0.571. The Morgan fingerprint density at radius 2 is 1.63 bits per heavy atom. The third kappa shape index (κ3) is 3.35. The van der Waals surface area contributed by atoms with E-state index in [1.54, 1.807) is 19.9 Å². The van der Waals surface area contributed by atoms with Gasteiger partial charge in [0.15, 0.2) is 11.5 Å². The second-order valence-electron chi connectivity index (χ2n) is 5.71. The van der Waals surface area contributed by atoms with Gasteiger partial charge >= 0.3 is 0 Å². The molecule has 0 amide bonds. The molecule has 0 unspecified atom stereocenters. The van der Waals surface area contributed by atoms with Gasteiger partial charge in [-0.15, -0.1) is 0 Å². The standard InChI is InChI=1S/C14H19F2NO2/c1-13(2,17)8-9-6-11-12(19-5-4-18-11)7-10(9)14(3,15)16/h6-7H,4-5,8,17H2,1-3H3. The molecule has 0 saturated carbocycles. The van der Waals surface area contributed by atoms with Crippen LogP contribution in [0.2, 0.25) is 0 Å².